The van der Waals surface area contributed by atoms with Crippen LogP contribution < -0.4 is 5.32 Å². The average Bonchev–Trinajstić information content (AvgIpc) is 2.36. The van der Waals surface area contributed by atoms with Crippen LogP contribution in [0.25, 0.3) is 0 Å². The number of rotatable bonds is 6. The maximum Gasteiger partial charge on any atom is 0.401 e. The number of carboxylic acids is 1. The van der Waals surface area contributed by atoms with Crippen LogP contribution in [0.2, 0.25) is 0 Å². The van der Waals surface area contributed by atoms with Gasteiger partial charge in [-0.25, -0.2) is 0 Å². The summed E-state index contributed by atoms with van der Waals surface area (Å²) in [7, 11) is 1.56. The number of carbonyl (C=O) groups is 1. The first-order chi connectivity index (χ1) is 9.24. The first-order valence-electron chi connectivity index (χ1n) is 6.97. The molecule has 0 bridgehead atoms. The van der Waals surface area contributed by atoms with Crippen molar-refractivity contribution >= 4 is 5.97 Å². The van der Waals surface area contributed by atoms with Crippen LogP contribution in [0.3, 0.4) is 0 Å². The van der Waals surface area contributed by atoms with Crippen molar-refractivity contribution in [2.45, 2.75) is 56.8 Å². The second-order valence-corrected chi connectivity index (χ2v) is 5.47. The molecule has 2 unspecified atom stereocenters. The predicted molar refractivity (Wildman–Crippen MR) is 69.6 cm³/mol. The first-order valence-corrected chi connectivity index (χ1v) is 6.97. The topological polar surface area (TPSA) is 52.6 Å². The second-order valence-electron chi connectivity index (χ2n) is 5.47. The molecule has 0 spiro atoms. The molecule has 0 aliphatic heterocycles. The lowest BCUT2D eigenvalue weighted by Crippen LogP contribution is -2.58. The van der Waals surface area contributed by atoms with Crippen LogP contribution in [-0.2, 0) is 4.79 Å². The highest BCUT2D eigenvalue weighted by molar-refractivity contribution is 5.79. The third kappa shape index (κ3) is 4.34. The van der Waals surface area contributed by atoms with Gasteiger partial charge in [-0.15, -0.1) is 0 Å². The van der Waals surface area contributed by atoms with Crippen LogP contribution in [0.1, 0.15) is 39.0 Å². The van der Waals surface area contributed by atoms with E-state index < -0.39 is 24.2 Å². The molecule has 0 saturated heterocycles. The van der Waals surface area contributed by atoms with Gasteiger partial charge in [0.25, 0.3) is 0 Å². The Kier molecular flexibility index (Phi) is 5.82. The Bertz CT molecular complexity index is 336. The molecule has 7 heteroatoms. The van der Waals surface area contributed by atoms with E-state index in [1.54, 1.807) is 7.05 Å². The number of halogens is 3. The summed E-state index contributed by atoms with van der Waals surface area (Å²) in [5, 5.41) is 12.1. The highest BCUT2D eigenvalue weighted by Gasteiger charge is 2.44. The smallest absolute Gasteiger partial charge is 0.401 e. The van der Waals surface area contributed by atoms with Crippen molar-refractivity contribution in [1.82, 2.24) is 10.2 Å². The van der Waals surface area contributed by atoms with E-state index in [2.05, 4.69) is 5.32 Å². The lowest BCUT2D eigenvalue weighted by molar-refractivity contribution is -0.157. The van der Waals surface area contributed by atoms with Gasteiger partial charge in [0.05, 0.1) is 6.54 Å². The van der Waals surface area contributed by atoms with E-state index in [4.69, 9.17) is 0 Å². The molecule has 2 N–H and O–H groups in total. The molecule has 20 heavy (non-hydrogen) atoms. The van der Waals surface area contributed by atoms with Gasteiger partial charge in [-0.2, -0.15) is 13.2 Å². The summed E-state index contributed by atoms with van der Waals surface area (Å²) in [5.41, 5.74) is -1.10. The molecule has 0 radical (unpaired) electrons. The molecular formula is C13H23F3N2O2. The molecule has 1 saturated carbocycles. The van der Waals surface area contributed by atoms with Gasteiger partial charge in [0.1, 0.15) is 5.54 Å². The minimum atomic E-state index is -4.25. The minimum Gasteiger partial charge on any atom is -0.480 e. The van der Waals surface area contributed by atoms with Crippen LogP contribution in [0.4, 0.5) is 13.2 Å². The van der Waals surface area contributed by atoms with Crippen molar-refractivity contribution in [3.05, 3.63) is 0 Å². The number of hydrogen-bond acceptors (Lipinski definition) is 3. The van der Waals surface area contributed by atoms with Crippen LogP contribution in [0.5, 0.6) is 0 Å². The fraction of sp³-hybridized carbons (Fsp3) is 0.923. The van der Waals surface area contributed by atoms with Gasteiger partial charge in [-0.05, 0) is 45.7 Å². The van der Waals surface area contributed by atoms with Crippen molar-refractivity contribution in [2.75, 3.05) is 20.1 Å². The van der Waals surface area contributed by atoms with Crippen LogP contribution in [-0.4, -0.2) is 53.9 Å². The largest absolute Gasteiger partial charge is 0.480 e. The number of nitrogens with one attached hydrogen (secondary N) is 1. The van der Waals surface area contributed by atoms with E-state index in [0.29, 0.717) is 32.2 Å². The van der Waals surface area contributed by atoms with E-state index in [-0.39, 0.29) is 12.5 Å². The molecule has 1 fully saturated rings. The van der Waals surface area contributed by atoms with Crippen molar-refractivity contribution in [3.63, 3.8) is 0 Å². The highest BCUT2D eigenvalue weighted by Crippen LogP contribution is 2.33. The molecule has 4 nitrogen and oxygen atoms in total. The summed E-state index contributed by atoms with van der Waals surface area (Å²) in [6.07, 6.45) is -1.72. The Morgan fingerprint density at radius 1 is 1.50 bits per heavy atom. The number of hydrogen-bond donors (Lipinski definition) is 2. The van der Waals surface area contributed by atoms with Gasteiger partial charge in [0.15, 0.2) is 0 Å². The molecule has 118 valence electrons. The predicted octanol–water partition coefficient (Wildman–Crippen LogP) is 2.25. The zero-order valence-electron chi connectivity index (χ0n) is 12.0. The molecule has 1 aliphatic rings. The number of nitrogens with zero attached hydrogens (tertiary/aromatic N) is 1. The molecule has 0 aromatic rings. The van der Waals surface area contributed by atoms with Gasteiger partial charge in [-0.3, -0.25) is 9.69 Å². The molecule has 0 heterocycles. The Hall–Kier alpha value is -0.820. The quantitative estimate of drug-likeness (QED) is 0.789. The Labute approximate surface area is 117 Å². The van der Waals surface area contributed by atoms with Crippen LogP contribution in [0.15, 0.2) is 0 Å². The van der Waals surface area contributed by atoms with E-state index in [1.807, 2.05) is 6.92 Å². The average molecular weight is 296 g/mol. The standard InChI is InChI=1S/C13H23F3N2O2/c1-3-7-18(9-13(14,15)16)10-5-4-6-12(8-10,17-2)11(19)20/h10,17H,3-9H2,1-2H3,(H,19,20). The minimum absolute atomic E-state index is 0.217. The lowest BCUT2D eigenvalue weighted by atomic mass is 9.78. The Morgan fingerprint density at radius 2 is 2.15 bits per heavy atom. The highest BCUT2D eigenvalue weighted by atomic mass is 19.4. The third-order valence-electron chi connectivity index (χ3n) is 4.02. The first kappa shape index (κ1) is 17.2. The Morgan fingerprint density at radius 3 is 2.60 bits per heavy atom. The normalized spacial score (nSPS) is 27.8. The summed E-state index contributed by atoms with van der Waals surface area (Å²) in [6, 6.07) is -0.339. The zero-order valence-corrected chi connectivity index (χ0v) is 12.0. The maximum atomic E-state index is 12.6. The summed E-state index contributed by atoms with van der Waals surface area (Å²) >= 11 is 0. The fourth-order valence-electron chi connectivity index (χ4n) is 2.99. The van der Waals surface area contributed by atoms with Gasteiger partial charge in [-0.1, -0.05) is 6.92 Å². The molecule has 0 aromatic carbocycles. The number of likely N-dealkylation sites (N-methyl/N-ethyl adjacent to an activating group) is 1. The van der Waals surface area contributed by atoms with Gasteiger partial charge in [0, 0.05) is 6.04 Å². The van der Waals surface area contributed by atoms with E-state index >= 15 is 0 Å². The number of aliphatic carboxylic acids is 1. The summed E-state index contributed by atoms with van der Waals surface area (Å²) in [6.45, 7) is 1.20. The van der Waals surface area contributed by atoms with Crippen LogP contribution in [0, 0.1) is 0 Å². The van der Waals surface area contributed by atoms with Crippen LogP contribution >= 0.6 is 0 Å². The molecule has 1 aliphatic carbocycles. The summed E-state index contributed by atoms with van der Waals surface area (Å²) in [5.74, 6) is -0.979. The van der Waals surface area contributed by atoms with E-state index in [0.717, 1.165) is 0 Å². The third-order valence-corrected chi connectivity index (χ3v) is 4.02. The summed E-state index contributed by atoms with van der Waals surface area (Å²) < 4.78 is 37.9. The van der Waals surface area contributed by atoms with Gasteiger partial charge in [0.2, 0.25) is 0 Å². The molecule has 0 amide bonds. The van der Waals surface area contributed by atoms with Crippen molar-refractivity contribution < 1.29 is 23.1 Å². The fourth-order valence-corrected chi connectivity index (χ4v) is 2.99. The summed E-state index contributed by atoms with van der Waals surface area (Å²) in [4.78, 5) is 12.8. The van der Waals surface area contributed by atoms with E-state index in [9.17, 15) is 23.1 Å². The van der Waals surface area contributed by atoms with Gasteiger partial charge >= 0.3 is 12.1 Å². The second kappa shape index (κ2) is 6.76. The van der Waals surface area contributed by atoms with E-state index in [1.165, 1.54) is 4.90 Å². The maximum absolute atomic E-state index is 12.6. The molecule has 0 aromatic heterocycles. The number of alkyl halides is 3. The number of carboxylic acid groups (broad SMARTS) is 1. The molecule has 2 atom stereocenters. The zero-order chi connectivity index (χ0) is 15.4. The van der Waals surface area contributed by atoms with Crippen molar-refractivity contribution in [2.24, 2.45) is 0 Å². The molecular weight excluding hydrogens is 273 g/mol. The van der Waals surface area contributed by atoms with Crippen molar-refractivity contribution in [3.8, 4) is 0 Å². The monoisotopic (exact) mass is 296 g/mol. The molecule has 1 rings (SSSR count). The lowest BCUT2D eigenvalue weighted by Gasteiger charge is -2.42. The Balaban J connectivity index is 2.83. The SMILES string of the molecule is CCCN(CC(F)(F)F)C1CCCC(NC)(C(=O)O)C1. The van der Waals surface area contributed by atoms with Crippen molar-refractivity contribution in [1.29, 1.82) is 0 Å². The van der Waals surface area contributed by atoms with Gasteiger partial charge < -0.3 is 10.4 Å².